The second kappa shape index (κ2) is 7.44. The van der Waals surface area contributed by atoms with Crippen LogP contribution in [0.25, 0.3) is 5.82 Å². The van der Waals surface area contributed by atoms with Gasteiger partial charge in [-0.15, -0.1) is 0 Å². The summed E-state index contributed by atoms with van der Waals surface area (Å²) in [6.07, 6.45) is 0. The molecule has 0 spiro atoms. The minimum Gasteiger partial charge on any atom is -0.463 e. The molecule has 140 valence electrons. The third-order valence-corrected chi connectivity index (χ3v) is 3.52. The van der Waals surface area contributed by atoms with Crippen molar-refractivity contribution in [2.45, 2.75) is 33.3 Å². The number of esters is 1. The zero-order valence-corrected chi connectivity index (χ0v) is 15.3. The fraction of sp³-hybridized carbons (Fsp3) is 0.353. The number of ether oxygens (including phenoxy) is 1. The summed E-state index contributed by atoms with van der Waals surface area (Å²) in [7, 11) is 1.25. The fourth-order valence-corrected chi connectivity index (χ4v) is 2.18. The van der Waals surface area contributed by atoms with Crippen LogP contribution in [0.3, 0.4) is 0 Å². The molecule has 0 fully saturated rings. The first-order valence-electron chi connectivity index (χ1n) is 7.79. The Morgan fingerprint density at radius 3 is 2.23 bits per heavy atom. The molecule has 0 aliphatic carbocycles. The molecule has 9 heteroatoms. The van der Waals surface area contributed by atoms with E-state index in [1.807, 2.05) is 30.5 Å². The van der Waals surface area contributed by atoms with E-state index >= 15 is 0 Å². The molecule has 0 saturated heterocycles. The molecule has 26 heavy (non-hydrogen) atoms. The molecular weight excluding hydrogens is 340 g/mol. The van der Waals surface area contributed by atoms with Crippen LogP contribution in [-0.4, -0.2) is 33.1 Å². The van der Waals surface area contributed by atoms with Crippen molar-refractivity contribution in [3.63, 3.8) is 0 Å². The van der Waals surface area contributed by atoms with Crippen molar-refractivity contribution in [2.24, 2.45) is 0 Å². The summed E-state index contributed by atoms with van der Waals surface area (Å²) in [6, 6.07) is 7.10. The Balaban J connectivity index is 0.000000209. The third-order valence-electron chi connectivity index (χ3n) is 3.52. The Hall–Kier alpha value is -3.07. The number of aryl methyl sites for hydroxylation is 2. The number of aliphatic hydroxyl groups is 1. The van der Waals surface area contributed by atoms with E-state index in [9.17, 15) is 9.90 Å². The number of hydrogen-bond acceptors (Lipinski definition) is 8. The number of nitrogens with zero attached hydrogens (tertiary/aromatic N) is 3. The molecule has 0 aliphatic heterocycles. The predicted octanol–water partition coefficient (Wildman–Crippen LogP) is 2.35. The smallest absolute Gasteiger partial charge is 0.376 e. The van der Waals surface area contributed by atoms with Gasteiger partial charge in [0.05, 0.1) is 7.11 Å². The largest absolute Gasteiger partial charge is 0.463 e. The van der Waals surface area contributed by atoms with Crippen LogP contribution < -0.4 is 5.73 Å². The van der Waals surface area contributed by atoms with Crippen molar-refractivity contribution in [1.82, 2.24) is 14.9 Å². The molecule has 9 nitrogen and oxygen atoms in total. The van der Waals surface area contributed by atoms with Crippen molar-refractivity contribution < 1.29 is 23.7 Å². The van der Waals surface area contributed by atoms with Gasteiger partial charge in [-0.2, -0.15) is 0 Å². The zero-order chi connectivity index (χ0) is 19.5. The van der Waals surface area contributed by atoms with Crippen LogP contribution in [0.1, 0.15) is 41.6 Å². The molecule has 3 rings (SSSR count). The van der Waals surface area contributed by atoms with E-state index in [1.165, 1.54) is 13.2 Å². The Morgan fingerprint density at radius 1 is 1.19 bits per heavy atom. The molecule has 0 bridgehead atoms. The average Bonchev–Trinajstić information content (AvgIpc) is 3.27. The molecule has 0 radical (unpaired) electrons. The first-order valence-corrected chi connectivity index (χ1v) is 7.79. The first kappa shape index (κ1) is 19.3. The molecule has 3 N–H and O–H groups in total. The minimum absolute atomic E-state index is 0.0139. The summed E-state index contributed by atoms with van der Waals surface area (Å²) in [5.74, 6) is 0.775. The molecule has 3 aromatic rings. The van der Waals surface area contributed by atoms with Crippen molar-refractivity contribution in [3.05, 3.63) is 47.2 Å². The molecule has 3 heterocycles. The number of rotatable bonds is 3. The summed E-state index contributed by atoms with van der Waals surface area (Å²) in [5, 5.41) is 17.1. The highest BCUT2D eigenvalue weighted by Gasteiger charge is 2.22. The summed E-state index contributed by atoms with van der Waals surface area (Å²) < 4.78 is 15.9. The van der Waals surface area contributed by atoms with E-state index < -0.39 is 11.6 Å². The van der Waals surface area contributed by atoms with E-state index in [0.717, 1.165) is 11.4 Å². The van der Waals surface area contributed by atoms with Crippen molar-refractivity contribution in [1.29, 1.82) is 0 Å². The van der Waals surface area contributed by atoms with Gasteiger partial charge >= 0.3 is 5.97 Å². The lowest BCUT2D eigenvalue weighted by atomic mass is 10.1. The van der Waals surface area contributed by atoms with Gasteiger partial charge in [-0.1, -0.05) is 10.3 Å². The quantitative estimate of drug-likeness (QED) is 0.679. The molecule has 0 aromatic carbocycles. The standard InChI is InChI=1S/C12H16N2O2.C5H6N2O3/c1-8-5-6-9(2)14(8)11-7-10(16-13-11)12(3,4)15;1-9-5(8)3-2-4(6)7-10-3/h5-7,15H,1-4H3;2H,1H3,(H2,6,7). The Bertz CT molecular complexity index is 866. The predicted molar refractivity (Wildman–Crippen MR) is 92.8 cm³/mol. The molecule has 0 atom stereocenters. The maximum absolute atomic E-state index is 10.6. The highest BCUT2D eigenvalue weighted by molar-refractivity contribution is 5.86. The van der Waals surface area contributed by atoms with Crippen LogP contribution in [0.5, 0.6) is 0 Å². The SMILES string of the molecule is COC(=O)c1cc(N)no1.Cc1ccc(C)n1-c1cc(C(C)(C)O)on1. The number of hydrogen-bond donors (Lipinski definition) is 2. The number of methoxy groups -OCH3 is 1. The first-order chi connectivity index (χ1) is 12.1. The lowest BCUT2D eigenvalue weighted by Crippen LogP contribution is -2.14. The van der Waals surface area contributed by atoms with E-state index in [4.69, 9.17) is 10.3 Å². The van der Waals surface area contributed by atoms with E-state index in [1.54, 1.807) is 19.9 Å². The minimum atomic E-state index is -1.000. The Labute approximate surface area is 150 Å². The lowest BCUT2D eigenvalue weighted by molar-refractivity contribution is 0.0475. The van der Waals surface area contributed by atoms with Gasteiger partial charge < -0.3 is 29.2 Å². The topological polar surface area (TPSA) is 130 Å². The molecule has 0 saturated carbocycles. The lowest BCUT2D eigenvalue weighted by Gasteiger charge is -2.11. The number of aromatic nitrogens is 3. The maximum atomic E-state index is 10.6. The van der Waals surface area contributed by atoms with Crippen molar-refractivity contribution >= 4 is 11.8 Å². The molecular formula is C17H22N4O5. The van der Waals surface area contributed by atoms with Crippen LogP contribution in [0, 0.1) is 13.8 Å². The second-order valence-corrected chi connectivity index (χ2v) is 6.17. The normalized spacial score (nSPS) is 11.0. The molecule has 3 aromatic heterocycles. The van der Waals surface area contributed by atoms with Crippen molar-refractivity contribution in [2.75, 3.05) is 12.8 Å². The van der Waals surface area contributed by atoms with Crippen LogP contribution in [-0.2, 0) is 10.3 Å². The molecule has 0 aliphatic rings. The zero-order valence-electron chi connectivity index (χ0n) is 15.3. The van der Waals surface area contributed by atoms with Gasteiger partial charge in [-0.3, -0.25) is 0 Å². The van der Waals surface area contributed by atoms with E-state index in [0.29, 0.717) is 11.6 Å². The summed E-state index contributed by atoms with van der Waals surface area (Å²) in [6.45, 7) is 7.36. The number of carbonyl (C=O) groups is 1. The van der Waals surface area contributed by atoms with Crippen LogP contribution in [0.2, 0.25) is 0 Å². The summed E-state index contributed by atoms with van der Waals surface area (Å²) in [4.78, 5) is 10.6. The number of nitrogens with two attached hydrogens (primary N) is 1. The number of nitrogen functional groups attached to an aromatic ring is 1. The third kappa shape index (κ3) is 4.31. The van der Waals surface area contributed by atoms with Crippen LogP contribution in [0.4, 0.5) is 5.82 Å². The van der Waals surface area contributed by atoms with Crippen molar-refractivity contribution in [3.8, 4) is 5.82 Å². The van der Waals surface area contributed by atoms with Gasteiger partial charge in [0, 0.05) is 23.5 Å². The molecule has 0 amide bonds. The van der Waals surface area contributed by atoms with Gasteiger partial charge in [-0.25, -0.2) is 4.79 Å². The maximum Gasteiger partial charge on any atom is 0.376 e. The van der Waals surface area contributed by atoms with Gasteiger partial charge in [0.1, 0.15) is 5.60 Å². The van der Waals surface area contributed by atoms with Gasteiger partial charge in [0.25, 0.3) is 0 Å². The van der Waals surface area contributed by atoms with E-state index in [2.05, 4.69) is 19.6 Å². The fourth-order valence-electron chi connectivity index (χ4n) is 2.18. The highest BCUT2D eigenvalue weighted by atomic mass is 16.5. The number of anilines is 1. The molecule has 0 unspecified atom stereocenters. The van der Waals surface area contributed by atoms with Gasteiger partial charge in [0.15, 0.2) is 17.4 Å². The summed E-state index contributed by atoms with van der Waals surface area (Å²) >= 11 is 0. The van der Waals surface area contributed by atoms with Crippen LogP contribution in [0.15, 0.2) is 33.3 Å². The van der Waals surface area contributed by atoms with Crippen LogP contribution >= 0.6 is 0 Å². The monoisotopic (exact) mass is 362 g/mol. The van der Waals surface area contributed by atoms with Gasteiger partial charge in [-0.05, 0) is 39.8 Å². The number of carbonyl (C=O) groups excluding carboxylic acids is 1. The van der Waals surface area contributed by atoms with Gasteiger partial charge in [0.2, 0.25) is 5.76 Å². The summed E-state index contributed by atoms with van der Waals surface area (Å²) in [5.41, 5.74) is 6.34. The highest BCUT2D eigenvalue weighted by Crippen LogP contribution is 2.23. The Kier molecular flexibility index (Phi) is 5.51. The Morgan fingerprint density at radius 2 is 1.81 bits per heavy atom. The average molecular weight is 362 g/mol. The van der Waals surface area contributed by atoms with E-state index in [-0.39, 0.29) is 11.6 Å². The second-order valence-electron chi connectivity index (χ2n) is 6.17.